The zero-order valence-corrected chi connectivity index (χ0v) is 13.3. The minimum Gasteiger partial charge on any atom is -0.477 e. The summed E-state index contributed by atoms with van der Waals surface area (Å²) >= 11 is 0. The van der Waals surface area contributed by atoms with Gasteiger partial charge >= 0.3 is 5.69 Å². The predicted molar refractivity (Wildman–Crippen MR) is 87.9 cm³/mol. The fourth-order valence-corrected chi connectivity index (χ4v) is 2.17. The maximum absolute atomic E-state index is 12.0. The van der Waals surface area contributed by atoms with Crippen LogP contribution in [-0.4, -0.2) is 17.4 Å². The van der Waals surface area contributed by atoms with E-state index in [9.17, 15) is 14.9 Å². The summed E-state index contributed by atoms with van der Waals surface area (Å²) in [5.41, 5.74) is 3.41. The van der Waals surface area contributed by atoms with Crippen molar-refractivity contribution in [1.82, 2.24) is 0 Å². The minimum absolute atomic E-state index is 0.0887. The van der Waals surface area contributed by atoms with Crippen molar-refractivity contribution >= 4 is 17.3 Å². The van der Waals surface area contributed by atoms with Gasteiger partial charge in [-0.25, -0.2) is 0 Å². The van der Waals surface area contributed by atoms with Crippen LogP contribution in [0, 0.1) is 30.9 Å². The Bertz CT molecular complexity index is 756. The number of carbonyl (C=O) groups excluding carboxylic acids is 1. The molecular weight excluding hydrogens is 296 g/mol. The average Bonchev–Trinajstić information content (AvgIpc) is 2.48. The molecule has 120 valence electrons. The molecule has 0 radical (unpaired) electrons. The van der Waals surface area contributed by atoms with E-state index < -0.39 is 4.92 Å². The quantitative estimate of drug-likeness (QED) is 0.676. The lowest BCUT2D eigenvalue weighted by atomic mass is 10.1. The molecule has 6 heteroatoms. The Morgan fingerprint density at radius 3 is 2.43 bits per heavy atom. The van der Waals surface area contributed by atoms with Crippen LogP contribution < -0.4 is 10.1 Å². The summed E-state index contributed by atoms with van der Waals surface area (Å²) in [4.78, 5) is 22.4. The van der Waals surface area contributed by atoms with Gasteiger partial charge in [0.05, 0.1) is 4.92 Å². The van der Waals surface area contributed by atoms with Gasteiger partial charge in [0.15, 0.2) is 12.4 Å². The average molecular weight is 314 g/mol. The molecule has 1 amide bonds. The summed E-state index contributed by atoms with van der Waals surface area (Å²) < 4.78 is 5.32. The monoisotopic (exact) mass is 314 g/mol. The first kappa shape index (κ1) is 16.5. The molecule has 0 heterocycles. The highest BCUT2D eigenvalue weighted by Crippen LogP contribution is 2.27. The molecule has 2 rings (SSSR count). The van der Waals surface area contributed by atoms with E-state index in [2.05, 4.69) is 5.32 Å². The van der Waals surface area contributed by atoms with Crippen molar-refractivity contribution in [3.63, 3.8) is 0 Å². The second-order valence-corrected chi connectivity index (χ2v) is 5.38. The summed E-state index contributed by atoms with van der Waals surface area (Å²) in [7, 11) is 0. The molecule has 6 nitrogen and oxygen atoms in total. The Kier molecular flexibility index (Phi) is 4.95. The molecule has 0 aliphatic rings. The standard InChI is InChI=1S/C17H18N2O4/c1-11-4-6-14(13(3)8-11)18-17(20)10-23-16-9-12(2)5-7-15(16)19(21)22/h4-9H,10H2,1-3H3,(H,18,20). The summed E-state index contributed by atoms with van der Waals surface area (Å²) in [6.07, 6.45) is 0. The van der Waals surface area contributed by atoms with Crippen molar-refractivity contribution in [2.45, 2.75) is 20.8 Å². The smallest absolute Gasteiger partial charge is 0.310 e. The van der Waals surface area contributed by atoms with Crippen LogP contribution in [0.15, 0.2) is 36.4 Å². The first-order chi connectivity index (χ1) is 10.9. The number of aryl methyl sites for hydroxylation is 3. The molecule has 0 spiro atoms. The molecule has 0 aromatic heterocycles. The number of nitro benzene ring substituents is 1. The van der Waals surface area contributed by atoms with Crippen LogP contribution in [0.5, 0.6) is 5.75 Å². The lowest BCUT2D eigenvalue weighted by molar-refractivity contribution is -0.385. The zero-order chi connectivity index (χ0) is 17.0. The summed E-state index contributed by atoms with van der Waals surface area (Å²) in [6, 6.07) is 10.2. The van der Waals surface area contributed by atoms with Gasteiger partial charge in [-0.2, -0.15) is 0 Å². The SMILES string of the molecule is Cc1ccc(NC(=O)COc2cc(C)ccc2[N+](=O)[O-])c(C)c1. The number of nitrogens with one attached hydrogen (secondary N) is 1. The molecule has 0 bridgehead atoms. The normalized spacial score (nSPS) is 10.2. The highest BCUT2D eigenvalue weighted by atomic mass is 16.6. The topological polar surface area (TPSA) is 81.5 Å². The van der Waals surface area contributed by atoms with Gasteiger partial charge in [-0.1, -0.05) is 23.8 Å². The number of ether oxygens (including phenoxy) is 1. The highest BCUT2D eigenvalue weighted by molar-refractivity contribution is 5.92. The van der Waals surface area contributed by atoms with E-state index in [0.717, 1.165) is 16.7 Å². The second kappa shape index (κ2) is 6.91. The molecule has 23 heavy (non-hydrogen) atoms. The molecule has 0 atom stereocenters. The first-order valence-electron chi connectivity index (χ1n) is 7.12. The van der Waals surface area contributed by atoms with E-state index in [1.54, 1.807) is 19.1 Å². The van der Waals surface area contributed by atoms with Crippen molar-refractivity contribution in [2.24, 2.45) is 0 Å². The maximum Gasteiger partial charge on any atom is 0.310 e. The second-order valence-electron chi connectivity index (χ2n) is 5.38. The van der Waals surface area contributed by atoms with Gasteiger partial charge in [0, 0.05) is 11.8 Å². The third kappa shape index (κ3) is 4.29. The number of hydrogen-bond donors (Lipinski definition) is 1. The van der Waals surface area contributed by atoms with Crippen LogP contribution in [-0.2, 0) is 4.79 Å². The predicted octanol–water partition coefficient (Wildman–Crippen LogP) is 3.54. The third-order valence-corrected chi connectivity index (χ3v) is 3.33. The number of nitrogens with zero attached hydrogens (tertiary/aromatic N) is 1. The number of nitro groups is 1. The number of carbonyl (C=O) groups is 1. The van der Waals surface area contributed by atoms with Gasteiger partial charge in [0.1, 0.15) is 0 Å². The number of amides is 1. The Morgan fingerprint density at radius 1 is 1.13 bits per heavy atom. The molecule has 0 saturated carbocycles. The van der Waals surface area contributed by atoms with Crippen molar-refractivity contribution < 1.29 is 14.5 Å². The Hall–Kier alpha value is -2.89. The van der Waals surface area contributed by atoms with Crippen LogP contribution in [0.25, 0.3) is 0 Å². The molecule has 2 aromatic rings. The maximum atomic E-state index is 12.0. The van der Waals surface area contributed by atoms with Gasteiger partial charge in [-0.15, -0.1) is 0 Å². The Balaban J connectivity index is 2.05. The van der Waals surface area contributed by atoms with Crippen LogP contribution in [0.1, 0.15) is 16.7 Å². The fourth-order valence-electron chi connectivity index (χ4n) is 2.17. The summed E-state index contributed by atoms with van der Waals surface area (Å²) in [5, 5.41) is 13.7. The molecule has 0 aliphatic heterocycles. The first-order valence-corrected chi connectivity index (χ1v) is 7.12. The van der Waals surface area contributed by atoms with Gasteiger partial charge in [-0.05, 0) is 44.0 Å². The molecule has 0 aliphatic carbocycles. The van der Waals surface area contributed by atoms with E-state index in [1.807, 2.05) is 32.0 Å². The van der Waals surface area contributed by atoms with Crippen LogP contribution >= 0.6 is 0 Å². The van der Waals surface area contributed by atoms with Gasteiger partial charge in [0.25, 0.3) is 5.91 Å². The van der Waals surface area contributed by atoms with Gasteiger partial charge < -0.3 is 10.1 Å². The molecule has 2 aromatic carbocycles. The zero-order valence-electron chi connectivity index (χ0n) is 13.3. The van der Waals surface area contributed by atoms with E-state index in [0.29, 0.717) is 5.69 Å². The largest absolute Gasteiger partial charge is 0.477 e. The number of anilines is 1. The van der Waals surface area contributed by atoms with E-state index in [-0.39, 0.29) is 24.0 Å². The molecular formula is C17H18N2O4. The van der Waals surface area contributed by atoms with E-state index in [4.69, 9.17) is 4.74 Å². The molecule has 0 fully saturated rings. The number of hydrogen-bond acceptors (Lipinski definition) is 4. The highest BCUT2D eigenvalue weighted by Gasteiger charge is 2.16. The molecule has 0 saturated heterocycles. The Morgan fingerprint density at radius 2 is 1.78 bits per heavy atom. The van der Waals surface area contributed by atoms with Crippen molar-refractivity contribution in [2.75, 3.05) is 11.9 Å². The Labute approximate surface area is 134 Å². The third-order valence-electron chi connectivity index (χ3n) is 3.33. The van der Waals surface area contributed by atoms with E-state index in [1.165, 1.54) is 6.07 Å². The lowest BCUT2D eigenvalue weighted by Gasteiger charge is -2.10. The van der Waals surface area contributed by atoms with Crippen LogP contribution in [0.3, 0.4) is 0 Å². The van der Waals surface area contributed by atoms with E-state index >= 15 is 0 Å². The lowest BCUT2D eigenvalue weighted by Crippen LogP contribution is -2.21. The number of benzene rings is 2. The van der Waals surface area contributed by atoms with Crippen molar-refractivity contribution in [3.05, 3.63) is 63.2 Å². The van der Waals surface area contributed by atoms with Crippen molar-refractivity contribution in [3.8, 4) is 5.75 Å². The number of rotatable bonds is 5. The summed E-state index contributed by atoms with van der Waals surface area (Å²) in [6.45, 7) is 5.37. The minimum atomic E-state index is -0.531. The van der Waals surface area contributed by atoms with Crippen LogP contribution in [0.4, 0.5) is 11.4 Å². The van der Waals surface area contributed by atoms with Crippen LogP contribution in [0.2, 0.25) is 0 Å². The van der Waals surface area contributed by atoms with Crippen molar-refractivity contribution in [1.29, 1.82) is 0 Å². The molecule has 0 unspecified atom stereocenters. The summed E-state index contributed by atoms with van der Waals surface area (Å²) in [5.74, 6) is -0.279. The fraction of sp³-hybridized carbons (Fsp3) is 0.235. The molecule has 1 N–H and O–H groups in total. The van der Waals surface area contributed by atoms with Gasteiger partial charge in [0.2, 0.25) is 0 Å². The van der Waals surface area contributed by atoms with Gasteiger partial charge in [-0.3, -0.25) is 14.9 Å².